The van der Waals surface area contributed by atoms with Gasteiger partial charge in [0.15, 0.2) is 0 Å². The van der Waals surface area contributed by atoms with Crippen LogP contribution in [0.25, 0.3) is 0 Å². The molecule has 4 N–H and O–H groups in total. The molecule has 0 radical (unpaired) electrons. The molecule has 2 aliphatic rings. The zero-order valence-electron chi connectivity index (χ0n) is 14.8. The van der Waals surface area contributed by atoms with Crippen molar-refractivity contribution in [2.45, 2.75) is 96.6 Å². The van der Waals surface area contributed by atoms with Crippen molar-refractivity contribution in [2.75, 3.05) is 0 Å². The molecule has 2 heteroatoms. The molecule has 6 atom stereocenters. The molecule has 2 fully saturated rings. The van der Waals surface area contributed by atoms with Crippen LogP contribution < -0.4 is 11.5 Å². The first-order valence-corrected chi connectivity index (χ1v) is 9.35. The highest BCUT2D eigenvalue weighted by Gasteiger charge is 2.44. The molecular formula is C19H38N2. The molecule has 0 aromatic carbocycles. The lowest BCUT2D eigenvalue weighted by Gasteiger charge is -2.49. The third-order valence-corrected chi connectivity index (χ3v) is 6.23. The molecule has 124 valence electrons. The van der Waals surface area contributed by atoms with Gasteiger partial charge in [-0.15, -0.1) is 0 Å². The molecule has 0 aromatic heterocycles. The van der Waals surface area contributed by atoms with Gasteiger partial charge in [0.05, 0.1) is 0 Å². The highest BCUT2D eigenvalue weighted by molar-refractivity contribution is 5.03. The third-order valence-electron chi connectivity index (χ3n) is 6.23. The van der Waals surface area contributed by atoms with Crippen molar-refractivity contribution < 1.29 is 0 Å². The van der Waals surface area contributed by atoms with Gasteiger partial charge in [-0.05, 0) is 68.6 Å². The first kappa shape index (κ1) is 17.3. The van der Waals surface area contributed by atoms with Gasteiger partial charge in [-0.1, -0.05) is 40.5 Å². The van der Waals surface area contributed by atoms with E-state index in [-0.39, 0.29) is 11.1 Å². The second kappa shape index (κ2) is 6.58. The van der Waals surface area contributed by atoms with Gasteiger partial charge in [-0.25, -0.2) is 0 Å². The van der Waals surface area contributed by atoms with E-state index in [2.05, 4.69) is 27.7 Å². The molecule has 0 saturated heterocycles. The predicted molar refractivity (Wildman–Crippen MR) is 92.0 cm³/mol. The van der Waals surface area contributed by atoms with Crippen LogP contribution in [0.1, 0.15) is 85.5 Å². The number of hydrogen-bond donors (Lipinski definition) is 2. The lowest BCUT2D eigenvalue weighted by atomic mass is 9.61. The maximum Gasteiger partial charge on any atom is 0.0177 e. The van der Waals surface area contributed by atoms with Crippen LogP contribution >= 0.6 is 0 Å². The van der Waals surface area contributed by atoms with Gasteiger partial charge in [-0.2, -0.15) is 0 Å². The fraction of sp³-hybridized carbons (Fsp3) is 1.00. The third kappa shape index (κ3) is 4.45. The van der Waals surface area contributed by atoms with Crippen molar-refractivity contribution in [2.24, 2.45) is 35.1 Å². The van der Waals surface area contributed by atoms with E-state index in [0.717, 1.165) is 30.1 Å². The fourth-order valence-electron chi connectivity index (χ4n) is 5.79. The van der Waals surface area contributed by atoms with E-state index in [4.69, 9.17) is 11.5 Å². The number of nitrogens with two attached hydrogens (primary N) is 2. The van der Waals surface area contributed by atoms with E-state index in [1.54, 1.807) is 0 Å². The van der Waals surface area contributed by atoms with Crippen molar-refractivity contribution in [3.05, 3.63) is 0 Å². The Morgan fingerprint density at radius 1 is 0.762 bits per heavy atom. The number of rotatable bonds is 4. The van der Waals surface area contributed by atoms with Gasteiger partial charge in [0.2, 0.25) is 0 Å². The quantitative estimate of drug-likeness (QED) is 0.804. The summed E-state index contributed by atoms with van der Waals surface area (Å²) in [4.78, 5) is 0. The Balaban J connectivity index is 2.07. The summed E-state index contributed by atoms with van der Waals surface area (Å²) in [5.41, 5.74) is 13.7. The van der Waals surface area contributed by atoms with Crippen molar-refractivity contribution in [1.82, 2.24) is 0 Å². The van der Waals surface area contributed by atoms with E-state index in [0.29, 0.717) is 0 Å². The summed E-state index contributed by atoms with van der Waals surface area (Å²) >= 11 is 0. The molecule has 6 unspecified atom stereocenters. The summed E-state index contributed by atoms with van der Waals surface area (Å²) < 4.78 is 0. The molecule has 0 spiro atoms. The second-order valence-corrected chi connectivity index (χ2v) is 8.95. The molecule has 2 nitrogen and oxygen atoms in total. The van der Waals surface area contributed by atoms with Gasteiger partial charge in [-0.3, -0.25) is 0 Å². The van der Waals surface area contributed by atoms with Gasteiger partial charge in [0, 0.05) is 11.1 Å². The summed E-state index contributed by atoms with van der Waals surface area (Å²) in [6.07, 6.45) is 11.0. The largest absolute Gasteiger partial charge is 0.325 e. The zero-order chi connectivity index (χ0) is 15.7. The van der Waals surface area contributed by atoms with Gasteiger partial charge < -0.3 is 11.5 Å². The lowest BCUT2D eigenvalue weighted by Crippen LogP contribution is -2.57. The Kier molecular flexibility index (Phi) is 5.41. The molecule has 0 heterocycles. The van der Waals surface area contributed by atoms with E-state index in [9.17, 15) is 0 Å². The predicted octanol–water partition coefficient (Wildman–Crippen LogP) is 4.46. The Morgan fingerprint density at radius 2 is 1.14 bits per heavy atom. The minimum atomic E-state index is -0.0115. The normalized spacial score (nSPS) is 48.3. The van der Waals surface area contributed by atoms with Gasteiger partial charge in [0.1, 0.15) is 0 Å². The Hall–Kier alpha value is -0.0800. The smallest absolute Gasteiger partial charge is 0.0177 e. The summed E-state index contributed by atoms with van der Waals surface area (Å²) in [5, 5.41) is 0. The molecule has 2 aliphatic carbocycles. The van der Waals surface area contributed by atoms with Gasteiger partial charge >= 0.3 is 0 Å². The van der Waals surface area contributed by atoms with Crippen LogP contribution in [-0.2, 0) is 0 Å². The highest BCUT2D eigenvalue weighted by atomic mass is 14.8. The van der Waals surface area contributed by atoms with E-state index >= 15 is 0 Å². The van der Waals surface area contributed by atoms with Gasteiger partial charge in [0.25, 0.3) is 0 Å². The maximum atomic E-state index is 6.88. The molecule has 0 amide bonds. The SMILES string of the molecule is CCC1CC(C)CC(N)(CC2(N)CC(C)CC(CC)C2)C1. The molecule has 0 aromatic rings. The van der Waals surface area contributed by atoms with Crippen LogP contribution in [0.2, 0.25) is 0 Å². The van der Waals surface area contributed by atoms with Crippen LogP contribution in [0.5, 0.6) is 0 Å². The average molecular weight is 295 g/mol. The summed E-state index contributed by atoms with van der Waals surface area (Å²) in [6, 6.07) is 0. The van der Waals surface area contributed by atoms with Crippen molar-refractivity contribution in [3.63, 3.8) is 0 Å². The Morgan fingerprint density at radius 3 is 1.48 bits per heavy atom. The summed E-state index contributed by atoms with van der Waals surface area (Å²) in [5.74, 6) is 3.15. The Bertz CT molecular complexity index is 310. The monoisotopic (exact) mass is 294 g/mol. The summed E-state index contributed by atoms with van der Waals surface area (Å²) in [7, 11) is 0. The second-order valence-electron chi connectivity index (χ2n) is 8.95. The number of hydrogen-bond acceptors (Lipinski definition) is 2. The molecule has 21 heavy (non-hydrogen) atoms. The Labute approximate surface area is 132 Å². The molecular weight excluding hydrogens is 256 g/mol. The van der Waals surface area contributed by atoms with Crippen molar-refractivity contribution in [3.8, 4) is 0 Å². The topological polar surface area (TPSA) is 52.0 Å². The first-order chi connectivity index (χ1) is 9.77. The minimum absolute atomic E-state index is 0.0115. The lowest BCUT2D eigenvalue weighted by molar-refractivity contribution is 0.0885. The van der Waals surface area contributed by atoms with E-state index in [1.165, 1.54) is 51.4 Å². The van der Waals surface area contributed by atoms with E-state index < -0.39 is 0 Å². The van der Waals surface area contributed by atoms with Crippen LogP contribution in [0.4, 0.5) is 0 Å². The van der Waals surface area contributed by atoms with Crippen LogP contribution in [0, 0.1) is 23.7 Å². The van der Waals surface area contributed by atoms with Crippen LogP contribution in [0.3, 0.4) is 0 Å². The van der Waals surface area contributed by atoms with Crippen LogP contribution in [-0.4, -0.2) is 11.1 Å². The zero-order valence-corrected chi connectivity index (χ0v) is 14.8. The van der Waals surface area contributed by atoms with E-state index in [1.807, 2.05) is 0 Å². The average Bonchev–Trinajstić information content (AvgIpc) is 2.34. The molecule has 2 saturated carbocycles. The molecule has 0 aliphatic heterocycles. The first-order valence-electron chi connectivity index (χ1n) is 9.35. The molecule has 0 bridgehead atoms. The van der Waals surface area contributed by atoms with Crippen molar-refractivity contribution >= 4 is 0 Å². The van der Waals surface area contributed by atoms with Crippen LogP contribution in [0.15, 0.2) is 0 Å². The fourth-order valence-corrected chi connectivity index (χ4v) is 5.79. The minimum Gasteiger partial charge on any atom is -0.325 e. The van der Waals surface area contributed by atoms with Crippen molar-refractivity contribution in [1.29, 1.82) is 0 Å². The summed E-state index contributed by atoms with van der Waals surface area (Å²) in [6.45, 7) is 9.39. The standard InChI is InChI=1S/C19H38N2/c1-5-16-7-14(3)9-18(20,11-16)13-19(21)10-15(4)8-17(6-2)12-19/h14-17H,5-13,20-21H2,1-4H3. The highest BCUT2D eigenvalue weighted by Crippen LogP contribution is 2.45. The maximum absolute atomic E-state index is 6.88. The molecule has 2 rings (SSSR count).